The molecule has 0 N–H and O–H groups in total. The van der Waals surface area contributed by atoms with Crippen LogP contribution in [0.15, 0.2) is 84.9 Å². The van der Waals surface area contributed by atoms with Gasteiger partial charge in [-0.1, -0.05) is 80.1 Å². The third-order valence-corrected chi connectivity index (χ3v) is 8.62. The average molecular weight is 507 g/mol. The maximum atomic E-state index is 14.6. The third-order valence-electron chi connectivity index (χ3n) is 8.62. The van der Waals surface area contributed by atoms with E-state index in [1.54, 1.807) is 0 Å². The van der Waals surface area contributed by atoms with E-state index in [2.05, 4.69) is 0 Å². The zero-order chi connectivity index (χ0) is 26.8. The Bertz CT molecular complexity index is 1550. The molecule has 2 aliphatic carbocycles. The first kappa shape index (κ1) is 24.0. The molecule has 4 atom stereocenters. The van der Waals surface area contributed by atoms with Gasteiger partial charge in [-0.05, 0) is 41.7 Å². The highest BCUT2D eigenvalue weighted by Gasteiger charge is 2.80. The minimum absolute atomic E-state index is 0.0834. The Kier molecular flexibility index (Phi) is 5.24. The van der Waals surface area contributed by atoms with Gasteiger partial charge in [0, 0.05) is 12.1 Å². The van der Waals surface area contributed by atoms with Crippen molar-refractivity contribution in [1.82, 2.24) is 0 Å². The number of imide groups is 1. The van der Waals surface area contributed by atoms with Gasteiger partial charge in [0.2, 0.25) is 11.8 Å². The van der Waals surface area contributed by atoms with Crippen LogP contribution >= 0.6 is 0 Å². The highest BCUT2D eigenvalue weighted by molar-refractivity contribution is 6.34. The number of hydrogen-bond donors (Lipinski definition) is 0. The van der Waals surface area contributed by atoms with Gasteiger partial charge in [0.15, 0.2) is 5.78 Å². The Hall–Kier alpha value is -4.39. The van der Waals surface area contributed by atoms with Crippen LogP contribution in [0.2, 0.25) is 0 Å². The molecule has 2 fully saturated rings. The standard InChI is InChI=1S/C31H26N2O5/c1-3-17-31-24(20-13-8-5-9-14-20)23(19-11-6-4-7-12-19)30(2,29(31)36)25-26(31)28(35)32(27(25)34)21-15-10-16-22(18-21)33(37)38/h4-16,18,25-26H,3,17H2,1-2H3/t25-,26+,30+,31-/m1/s1. The second kappa shape index (κ2) is 8.31. The lowest BCUT2D eigenvalue weighted by molar-refractivity contribution is -0.384. The zero-order valence-corrected chi connectivity index (χ0v) is 21.1. The number of carbonyl (C=O) groups excluding carboxylic acids is 3. The molecule has 0 unspecified atom stereocenters. The highest BCUT2D eigenvalue weighted by Crippen LogP contribution is 2.75. The second-order valence-electron chi connectivity index (χ2n) is 10.5. The van der Waals surface area contributed by atoms with E-state index >= 15 is 0 Å². The molecule has 190 valence electrons. The summed E-state index contributed by atoms with van der Waals surface area (Å²) in [5, 5.41) is 11.4. The van der Waals surface area contributed by atoms with Crippen LogP contribution in [0.4, 0.5) is 11.4 Å². The number of amides is 2. The van der Waals surface area contributed by atoms with E-state index in [0.717, 1.165) is 27.2 Å². The third kappa shape index (κ3) is 2.87. The molecule has 1 aliphatic heterocycles. The molecule has 3 aliphatic rings. The van der Waals surface area contributed by atoms with Crippen molar-refractivity contribution >= 4 is 40.1 Å². The summed E-state index contributed by atoms with van der Waals surface area (Å²) in [6, 6.07) is 24.9. The van der Waals surface area contributed by atoms with Gasteiger partial charge in [-0.25, -0.2) is 4.90 Å². The van der Waals surface area contributed by atoms with Crippen LogP contribution in [0.5, 0.6) is 0 Å². The first-order chi connectivity index (χ1) is 18.3. The van der Waals surface area contributed by atoms with Crippen molar-refractivity contribution < 1.29 is 19.3 Å². The Labute approximate surface area is 219 Å². The van der Waals surface area contributed by atoms with E-state index < -0.39 is 39.4 Å². The van der Waals surface area contributed by atoms with Gasteiger partial charge in [-0.15, -0.1) is 0 Å². The molecule has 1 saturated heterocycles. The molecule has 38 heavy (non-hydrogen) atoms. The molecular formula is C31H26N2O5. The van der Waals surface area contributed by atoms with Crippen LogP contribution in [-0.2, 0) is 14.4 Å². The summed E-state index contributed by atoms with van der Waals surface area (Å²) < 4.78 is 0. The number of nitro benzene ring substituents is 1. The smallest absolute Gasteiger partial charge is 0.271 e. The number of anilines is 1. The lowest BCUT2D eigenvalue weighted by Gasteiger charge is -2.37. The Morgan fingerprint density at radius 1 is 0.816 bits per heavy atom. The fraction of sp³-hybridized carbons (Fsp3) is 0.258. The maximum Gasteiger partial charge on any atom is 0.271 e. The molecule has 6 rings (SSSR count). The molecule has 0 spiro atoms. The minimum atomic E-state index is -1.23. The SMILES string of the molecule is CCC[C@@]12C(=O)[C@@](C)(C(c3ccccc3)=C1c1ccccc1)[C@H]1C(=O)N(c3cccc([N+](=O)[O-])c3)C(=O)[C@H]12. The molecular weight excluding hydrogens is 480 g/mol. The van der Waals surface area contributed by atoms with Crippen molar-refractivity contribution in [2.75, 3.05) is 4.90 Å². The molecule has 7 heteroatoms. The number of Topliss-reactive ketones (excluding diaryl/α,β-unsaturated/α-hetero) is 1. The van der Waals surface area contributed by atoms with Gasteiger partial charge < -0.3 is 0 Å². The van der Waals surface area contributed by atoms with Crippen molar-refractivity contribution in [3.63, 3.8) is 0 Å². The summed E-state index contributed by atoms with van der Waals surface area (Å²) in [4.78, 5) is 54.9. The summed E-state index contributed by atoms with van der Waals surface area (Å²) in [7, 11) is 0. The van der Waals surface area contributed by atoms with Crippen LogP contribution in [0.3, 0.4) is 0 Å². The van der Waals surface area contributed by atoms with Crippen molar-refractivity contribution in [3.8, 4) is 0 Å². The average Bonchev–Trinajstić information content (AvgIpc) is 3.39. The summed E-state index contributed by atoms with van der Waals surface area (Å²) in [5.41, 5.74) is 0.886. The first-order valence-corrected chi connectivity index (χ1v) is 12.8. The summed E-state index contributed by atoms with van der Waals surface area (Å²) in [5.74, 6) is -2.80. The van der Waals surface area contributed by atoms with Gasteiger partial charge in [0.25, 0.3) is 5.69 Å². The molecule has 2 bridgehead atoms. The van der Waals surface area contributed by atoms with Crippen LogP contribution in [-0.4, -0.2) is 22.5 Å². The molecule has 3 aromatic rings. The number of hydrogen-bond acceptors (Lipinski definition) is 5. The van der Waals surface area contributed by atoms with E-state index in [1.807, 2.05) is 74.5 Å². The van der Waals surface area contributed by atoms with E-state index in [-0.39, 0.29) is 17.2 Å². The largest absolute Gasteiger partial charge is 0.298 e. The summed E-state index contributed by atoms with van der Waals surface area (Å²) in [6.45, 7) is 3.79. The van der Waals surface area contributed by atoms with Crippen LogP contribution in [0.1, 0.15) is 37.8 Å². The molecule has 1 saturated carbocycles. The lowest BCUT2D eigenvalue weighted by atomic mass is 9.61. The number of ketones is 1. The van der Waals surface area contributed by atoms with Crippen molar-refractivity contribution in [2.24, 2.45) is 22.7 Å². The Morgan fingerprint density at radius 2 is 1.39 bits per heavy atom. The summed E-state index contributed by atoms with van der Waals surface area (Å²) >= 11 is 0. The monoisotopic (exact) mass is 506 g/mol. The van der Waals surface area contributed by atoms with Gasteiger partial charge in [0.05, 0.1) is 33.3 Å². The Morgan fingerprint density at radius 3 is 1.97 bits per heavy atom. The number of fused-ring (bicyclic) bond motifs is 5. The van der Waals surface area contributed by atoms with E-state index in [4.69, 9.17) is 0 Å². The number of allylic oxidation sites excluding steroid dienone is 2. The fourth-order valence-corrected chi connectivity index (χ4v) is 7.36. The number of nitrogens with zero attached hydrogens (tertiary/aromatic N) is 2. The number of non-ortho nitro benzene ring substituents is 1. The topological polar surface area (TPSA) is 97.6 Å². The lowest BCUT2D eigenvalue weighted by Crippen LogP contribution is -2.41. The van der Waals surface area contributed by atoms with Crippen molar-refractivity contribution in [2.45, 2.75) is 26.7 Å². The van der Waals surface area contributed by atoms with Gasteiger partial charge >= 0.3 is 0 Å². The van der Waals surface area contributed by atoms with E-state index in [9.17, 15) is 24.5 Å². The highest BCUT2D eigenvalue weighted by atomic mass is 16.6. The molecule has 2 amide bonds. The normalized spacial score (nSPS) is 27.8. The fourth-order valence-electron chi connectivity index (χ4n) is 7.36. The van der Waals surface area contributed by atoms with E-state index in [0.29, 0.717) is 12.8 Å². The predicted molar refractivity (Wildman–Crippen MR) is 143 cm³/mol. The maximum absolute atomic E-state index is 14.6. The minimum Gasteiger partial charge on any atom is -0.298 e. The van der Waals surface area contributed by atoms with E-state index in [1.165, 1.54) is 24.3 Å². The van der Waals surface area contributed by atoms with Gasteiger partial charge in [-0.2, -0.15) is 0 Å². The molecule has 3 aromatic carbocycles. The number of benzene rings is 3. The molecule has 1 heterocycles. The molecule has 0 radical (unpaired) electrons. The van der Waals surface area contributed by atoms with Gasteiger partial charge in [-0.3, -0.25) is 24.5 Å². The number of rotatable bonds is 6. The predicted octanol–water partition coefficient (Wildman–Crippen LogP) is 5.70. The van der Waals surface area contributed by atoms with Crippen molar-refractivity contribution in [1.29, 1.82) is 0 Å². The Balaban J connectivity index is 1.63. The summed E-state index contributed by atoms with van der Waals surface area (Å²) in [6.07, 6.45) is 1.06. The second-order valence-corrected chi connectivity index (χ2v) is 10.5. The number of carbonyl (C=O) groups is 3. The van der Waals surface area contributed by atoms with Crippen LogP contribution in [0.25, 0.3) is 11.1 Å². The zero-order valence-electron chi connectivity index (χ0n) is 21.1. The molecule has 0 aromatic heterocycles. The molecule has 7 nitrogen and oxygen atoms in total. The van der Waals surface area contributed by atoms with Gasteiger partial charge in [0.1, 0.15) is 0 Å². The quantitative estimate of drug-likeness (QED) is 0.243. The van der Waals surface area contributed by atoms with Crippen molar-refractivity contribution in [3.05, 3.63) is 106 Å². The van der Waals surface area contributed by atoms with Crippen LogP contribution < -0.4 is 4.90 Å². The number of nitro groups is 1. The first-order valence-electron chi connectivity index (χ1n) is 12.8. The van der Waals surface area contributed by atoms with Crippen LogP contribution in [0, 0.1) is 32.8 Å².